The Balaban J connectivity index is 1.51. The number of hydrogen-bond acceptors (Lipinski definition) is 6. The van der Waals surface area contributed by atoms with Crippen molar-refractivity contribution in [3.05, 3.63) is 29.8 Å². The number of sulfone groups is 1. The van der Waals surface area contributed by atoms with Crippen LogP contribution in [0.2, 0.25) is 0 Å². The van der Waals surface area contributed by atoms with Crippen LogP contribution in [0.4, 0.5) is 0 Å². The lowest BCUT2D eigenvalue weighted by molar-refractivity contribution is -0.161. The molecule has 2 saturated heterocycles. The molecule has 0 radical (unpaired) electrons. The molecular formula is C19H26N2O6S. The van der Waals surface area contributed by atoms with Crippen LogP contribution >= 0.6 is 0 Å². The molecule has 28 heavy (non-hydrogen) atoms. The van der Waals surface area contributed by atoms with Gasteiger partial charge in [0.15, 0.2) is 15.4 Å². The zero-order chi connectivity index (χ0) is 20.4. The predicted molar refractivity (Wildman–Crippen MR) is 102 cm³/mol. The topological polar surface area (TPSA) is 102 Å². The van der Waals surface area contributed by atoms with E-state index in [4.69, 9.17) is 9.47 Å². The number of methoxy groups -OCH3 is 1. The van der Waals surface area contributed by atoms with Crippen molar-refractivity contribution in [2.45, 2.75) is 23.8 Å². The van der Waals surface area contributed by atoms with Gasteiger partial charge in [-0.3, -0.25) is 9.59 Å². The minimum absolute atomic E-state index is 0.0159. The molecule has 0 aliphatic carbocycles. The van der Waals surface area contributed by atoms with Gasteiger partial charge in [-0.05, 0) is 18.2 Å². The lowest BCUT2D eigenvalue weighted by Crippen LogP contribution is -2.60. The number of nitrogens with zero attached hydrogens (tertiary/aromatic N) is 1. The number of nitrogens with one attached hydrogen (secondary N) is 1. The van der Waals surface area contributed by atoms with E-state index in [-0.39, 0.29) is 35.0 Å². The molecule has 2 amide bonds. The van der Waals surface area contributed by atoms with Crippen LogP contribution in [0, 0.1) is 5.92 Å². The third-order valence-electron chi connectivity index (χ3n) is 5.40. The smallest absolute Gasteiger partial charge is 0.257 e. The van der Waals surface area contributed by atoms with Gasteiger partial charge in [-0.1, -0.05) is 13.0 Å². The zero-order valence-electron chi connectivity index (χ0n) is 16.1. The Bertz CT molecular complexity index is 842. The first kappa shape index (κ1) is 20.8. The monoisotopic (exact) mass is 410 g/mol. The normalized spacial score (nSPS) is 22.7. The molecule has 1 atom stereocenters. The SMILES string of the molecule is CCS(=O)(=O)c1cccc(C(=O)NCC2CN(C(=O)C3(OC)CCOC3)C2)c1. The van der Waals surface area contributed by atoms with Gasteiger partial charge in [-0.15, -0.1) is 0 Å². The Kier molecular flexibility index (Phi) is 6.07. The van der Waals surface area contributed by atoms with Crippen molar-refractivity contribution < 1.29 is 27.5 Å². The number of benzene rings is 1. The third-order valence-corrected chi connectivity index (χ3v) is 7.13. The summed E-state index contributed by atoms with van der Waals surface area (Å²) in [5.41, 5.74) is -0.567. The molecule has 2 aliphatic rings. The molecule has 8 nitrogen and oxygen atoms in total. The van der Waals surface area contributed by atoms with E-state index in [0.717, 1.165) is 0 Å². The molecule has 154 valence electrons. The summed E-state index contributed by atoms with van der Waals surface area (Å²) in [6.45, 7) is 3.88. The second-order valence-electron chi connectivity index (χ2n) is 7.22. The highest BCUT2D eigenvalue weighted by Gasteiger charge is 2.47. The van der Waals surface area contributed by atoms with Gasteiger partial charge in [-0.2, -0.15) is 0 Å². The molecule has 1 N–H and O–H groups in total. The molecule has 0 bridgehead atoms. The van der Waals surface area contributed by atoms with Crippen LogP contribution in [0.5, 0.6) is 0 Å². The molecule has 1 aromatic rings. The molecule has 0 saturated carbocycles. The van der Waals surface area contributed by atoms with Crippen molar-refractivity contribution >= 4 is 21.7 Å². The van der Waals surface area contributed by atoms with Crippen molar-refractivity contribution in [1.29, 1.82) is 0 Å². The number of rotatable bonds is 7. The number of carbonyl (C=O) groups is 2. The number of carbonyl (C=O) groups excluding carboxylic acids is 2. The van der Waals surface area contributed by atoms with Gasteiger partial charge in [0.2, 0.25) is 0 Å². The minimum atomic E-state index is -3.36. The van der Waals surface area contributed by atoms with E-state index in [0.29, 0.717) is 38.2 Å². The van der Waals surface area contributed by atoms with Gasteiger partial charge in [-0.25, -0.2) is 8.42 Å². The maximum absolute atomic E-state index is 12.6. The maximum Gasteiger partial charge on any atom is 0.257 e. The van der Waals surface area contributed by atoms with Gasteiger partial charge >= 0.3 is 0 Å². The van der Waals surface area contributed by atoms with Crippen LogP contribution in [0.3, 0.4) is 0 Å². The Morgan fingerprint density at radius 3 is 2.71 bits per heavy atom. The Hall–Kier alpha value is -1.97. The summed E-state index contributed by atoms with van der Waals surface area (Å²) in [7, 11) is -1.83. The summed E-state index contributed by atoms with van der Waals surface area (Å²) in [5.74, 6) is -0.243. The number of amides is 2. The lowest BCUT2D eigenvalue weighted by atomic mass is 9.94. The number of ether oxygens (including phenoxy) is 2. The molecule has 1 unspecified atom stereocenters. The molecular weight excluding hydrogens is 384 g/mol. The van der Waals surface area contributed by atoms with Crippen LogP contribution < -0.4 is 5.32 Å². The second-order valence-corrected chi connectivity index (χ2v) is 9.50. The summed E-state index contributed by atoms with van der Waals surface area (Å²) >= 11 is 0. The van der Waals surface area contributed by atoms with E-state index in [1.54, 1.807) is 24.0 Å². The van der Waals surface area contributed by atoms with Crippen LogP contribution in [0.25, 0.3) is 0 Å². The molecule has 1 aromatic carbocycles. The van der Waals surface area contributed by atoms with Gasteiger partial charge in [0.1, 0.15) is 0 Å². The molecule has 3 rings (SSSR count). The summed E-state index contributed by atoms with van der Waals surface area (Å²) < 4.78 is 34.7. The Labute approximate surface area is 165 Å². The van der Waals surface area contributed by atoms with Gasteiger partial charge in [0.05, 0.1) is 23.9 Å². The highest BCUT2D eigenvalue weighted by Crippen LogP contribution is 2.28. The summed E-state index contributed by atoms with van der Waals surface area (Å²) in [6, 6.07) is 6.04. The average molecular weight is 410 g/mol. The second kappa shape index (κ2) is 8.18. The number of hydrogen-bond donors (Lipinski definition) is 1. The highest BCUT2D eigenvalue weighted by molar-refractivity contribution is 7.91. The van der Waals surface area contributed by atoms with Crippen LogP contribution in [-0.2, 0) is 24.1 Å². The first-order valence-corrected chi connectivity index (χ1v) is 11.0. The standard InChI is InChI=1S/C19H26N2O6S/c1-3-28(24,25)16-6-4-5-15(9-16)17(22)20-10-14-11-21(12-14)18(23)19(26-2)7-8-27-13-19/h4-6,9,14H,3,7-8,10-13H2,1-2H3,(H,20,22). The van der Waals surface area contributed by atoms with Gasteiger partial charge in [0.25, 0.3) is 11.8 Å². The van der Waals surface area contributed by atoms with Crippen molar-refractivity contribution in [2.75, 3.05) is 45.7 Å². The Morgan fingerprint density at radius 2 is 2.11 bits per heavy atom. The summed E-state index contributed by atoms with van der Waals surface area (Å²) in [4.78, 5) is 26.8. The molecule has 2 heterocycles. The Morgan fingerprint density at radius 1 is 1.36 bits per heavy atom. The van der Waals surface area contributed by atoms with E-state index in [1.165, 1.54) is 19.2 Å². The molecule has 2 fully saturated rings. The fraction of sp³-hybridized carbons (Fsp3) is 0.579. The minimum Gasteiger partial charge on any atom is -0.378 e. The molecule has 0 spiro atoms. The van der Waals surface area contributed by atoms with E-state index in [9.17, 15) is 18.0 Å². The average Bonchev–Trinajstić information content (AvgIpc) is 3.17. The van der Waals surface area contributed by atoms with Crippen molar-refractivity contribution in [3.8, 4) is 0 Å². The van der Waals surface area contributed by atoms with Crippen LogP contribution in [-0.4, -0.2) is 76.4 Å². The fourth-order valence-electron chi connectivity index (χ4n) is 3.45. The van der Waals surface area contributed by atoms with E-state index in [2.05, 4.69) is 5.32 Å². The highest BCUT2D eigenvalue weighted by atomic mass is 32.2. The molecule has 2 aliphatic heterocycles. The van der Waals surface area contributed by atoms with Crippen molar-refractivity contribution in [2.24, 2.45) is 5.92 Å². The van der Waals surface area contributed by atoms with Crippen LogP contribution in [0.1, 0.15) is 23.7 Å². The van der Waals surface area contributed by atoms with Crippen molar-refractivity contribution in [1.82, 2.24) is 10.2 Å². The van der Waals surface area contributed by atoms with E-state index >= 15 is 0 Å². The van der Waals surface area contributed by atoms with Gasteiger partial charge < -0.3 is 19.7 Å². The van der Waals surface area contributed by atoms with E-state index < -0.39 is 15.4 Å². The zero-order valence-corrected chi connectivity index (χ0v) is 17.0. The predicted octanol–water partition coefficient (Wildman–Crippen LogP) is 0.474. The third kappa shape index (κ3) is 4.06. The van der Waals surface area contributed by atoms with Crippen molar-refractivity contribution in [3.63, 3.8) is 0 Å². The summed E-state index contributed by atoms with van der Waals surface area (Å²) in [6.07, 6.45) is 0.553. The number of likely N-dealkylation sites (tertiary alicyclic amines) is 1. The largest absolute Gasteiger partial charge is 0.378 e. The van der Waals surface area contributed by atoms with Crippen LogP contribution in [0.15, 0.2) is 29.2 Å². The maximum atomic E-state index is 12.6. The fourth-order valence-corrected chi connectivity index (χ4v) is 4.38. The molecule has 0 aromatic heterocycles. The molecule has 9 heteroatoms. The lowest BCUT2D eigenvalue weighted by Gasteiger charge is -2.43. The first-order chi connectivity index (χ1) is 13.3. The summed E-state index contributed by atoms with van der Waals surface area (Å²) in [5, 5.41) is 2.82. The van der Waals surface area contributed by atoms with E-state index in [1.807, 2.05) is 0 Å². The quantitative estimate of drug-likeness (QED) is 0.701. The van der Waals surface area contributed by atoms with Gasteiger partial charge in [0, 0.05) is 44.6 Å². The first-order valence-electron chi connectivity index (χ1n) is 9.34.